The third-order valence-corrected chi connectivity index (χ3v) is 4.13. The van der Waals surface area contributed by atoms with Gasteiger partial charge in [0.05, 0.1) is 25.7 Å². The van der Waals surface area contributed by atoms with Gasteiger partial charge in [0, 0.05) is 12.5 Å². The monoisotopic (exact) mass is 269 g/mol. The molecule has 2 aliphatic rings. The van der Waals surface area contributed by atoms with Crippen LogP contribution in [0.2, 0.25) is 0 Å². The molecular formula is C14H23NO4. The number of carboxylic acids is 1. The van der Waals surface area contributed by atoms with Crippen molar-refractivity contribution < 1.29 is 19.4 Å². The SMILES string of the molecule is O=C(O)CC1COCCN1C(=O)C1CCCCCC1. The van der Waals surface area contributed by atoms with E-state index in [1.165, 1.54) is 12.8 Å². The van der Waals surface area contributed by atoms with Crippen LogP contribution in [0.3, 0.4) is 0 Å². The molecule has 5 nitrogen and oxygen atoms in total. The van der Waals surface area contributed by atoms with Crippen LogP contribution in [0, 0.1) is 5.92 Å². The Hall–Kier alpha value is -1.10. The van der Waals surface area contributed by atoms with Crippen molar-refractivity contribution in [3.8, 4) is 0 Å². The van der Waals surface area contributed by atoms with Gasteiger partial charge in [0.15, 0.2) is 0 Å². The van der Waals surface area contributed by atoms with Crippen molar-refractivity contribution in [2.24, 2.45) is 5.92 Å². The number of hydrogen-bond donors (Lipinski definition) is 1. The van der Waals surface area contributed by atoms with Crippen molar-refractivity contribution in [3.63, 3.8) is 0 Å². The van der Waals surface area contributed by atoms with Crippen molar-refractivity contribution in [2.75, 3.05) is 19.8 Å². The minimum atomic E-state index is -0.867. The fourth-order valence-electron chi connectivity index (χ4n) is 3.08. The van der Waals surface area contributed by atoms with E-state index in [1.807, 2.05) is 0 Å². The number of morpholine rings is 1. The second-order valence-electron chi connectivity index (χ2n) is 5.55. The van der Waals surface area contributed by atoms with E-state index in [1.54, 1.807) is 4.90 Å². The predicted octanol–water partition coefficient (Wildman–Crippen LogP) is 1.66. The van der Waals surface area contributed by atoms with E-state index >= 15 is 0 Å². The molecule has 1 aliphatic carbocycles. The lowest BCUT2D eigenvalue weighted by molar-refractivity contribution is -0.149. The average molecular weight is 269 g/mol. The lowest BCUT2D eigenvalue weighted by Gasteiger charge is -2.37. The lowest BCUT2D eigenvalue weighted by atomic mass is 9.97. The van der Waals surface area contributed by atoms with Crippen molar-refractivity contribution >= 4 is 11.9 Å². The highest BCUT2D eigenvalue weighted by Gasteiger charge is 2.33. The molecule has 108 valence electrons. The molecule has 0 aromatic carbocycles. The Balaban J connectivity index is 1.99. The second kappa shape index (κ2) is 6.89. The Labute approximate surface area is 113 Å². The molecule has 1 atom stereocenters. The van der Waals surface area contributed by atoms with Crippen molar-refractivity contribution in [2.45, 2.75) is 51.0 Å². The molecule has 0 bridgehead atoms. The fourth-order valence-corrected chi connectivity index (χ4v) is 3.08. The molecule has 1 aliphatic heterocycles. The number of rotatable bonds is 3. The number of carbonyl (C=O) groups excluding carboxylic acids is 1. The third-order valence-electron chi connectivity index (χ3n) is 4.13. The number of aliphatic carboxylic acids is 1. The van der Waals surface area contributed by atoms with Gasteiger partial charge in [-0.05, 0) is 12.8 Å². The first-order valence-electron chi connectivity index (χ1n) is 7.28. The summed E-state index contributed by atoms with van der Waals surface area (Å²) in [5, 5.41) is 8.93. The van der Waals surface area contributed by atoms with Crippen LogP contribution in [-0.4, -0.2) is 47.7 Å². The van der Waals surface area contributed by atoms with E-state index in [9.17, 15) is 9.59 Å². The molecule has 0 spiro atoms. The van der Waals surface area contributed by atoms with E-state index in [2.05, 4.69) is 0 Å². The molecule has 5 heteroatoms. The fraction of sp³-hybridized carbons (Fsp3) is 0.857. The predicted molar refractivity (Wildman–Crippen MR) is 69.8 cm³/mol. The highest BCUT2D eigenvalue weighted by Crippen LogP contribution is 2.26. The zero-order chi connectivity index (χ0) is 13.7. The van der Waals surface area contributed by atoms with E-state index < -0.39 is 5.97 Å². The smallest absolute Gasteiger partial charge is 0.305 e. The zero-order valence-corrected chi connectivity index (χ0v) is 11.3. The Bertz CT molecular complexity index is 323. The molecular weight excluding hydrogens is 246 g/mol. The minimum absolute atomic E-state index is 0.0154. The van der Waals surface area contributed by atoms with Gasteiger partial charge in [0.2, 0.25) is 5.91 Å². The lowest BCUT2D eigenvalue weighted by Crippen LogP contribution is -2.51. The number of nitrogens with zero attached hydrogens (tertiary/aromatic N) is 1. The summed E-state index contributed by atoms with van der Waals surface area (Å²) in [6.45, 7) is 1.41. The second-order valence-corrected chi connectivity index (χ2v) is 5.55. The Kier molecular flexibility index (Phi) is 5.19. The largest absolute Gasteiger partial charge is 0.481 e. The molecule has 2 fully saturated rings. The number of carbonyl (C=O) groups is 2. The molecule has 1 amide bonds. The standard InChI is InChI=1S/C14H23NO4/c16-13(17)9-12-10-19-8-7-15(12)14(18)11-5-3-1-2-4-6-11/h11-12H,1-10H2,(H,16,17). The summed E-state index contributed by atoms with van der Waals surface area (Å²) < 4.78 is 5.32. The summed E-state index contributed by atoms with van der Waals surface area (Å²) in [5.74, 6) is -0.623. The maximum absolute atomic E-state index is 12.6. The quantitative estimate of drug-likeness (QED) is 0.791. The molecule has 19 heavy (non-hydrogen) atoms. The van der Waals surface area contributed by atoms with Crippen LogP contribution in [0.15, 0.2) is 0 Å². The van der Waals surface area contributed by atoms with Crippen LogP contribution in [-0.2, 0) is 14.3 Å². The first-order valence-corrected chi connectivity index (χ1v) is 7.28. The molecule has 0 aromatic heterocycles. The summed E-state index contributed by atoms with van der Waals surface area (Å²) in [5.41, 5.74) is 0. The molecule has 1 saturated carbocycles. The first-order chi connectivity index (χ1) is 9.18. The highest BCUT2D eigenvalue weighted by atomic mass is 16.5. The molecule has 0 radical (unpaired) electrons. The van der Waals surface area contributed by atoms with Crippen LogP contribution in [0.25, 0.3) is 0 Å². The van der Waals surface area contributed by atoms with Gasteiger partial charge in [-0.25, -0.2) is 0 Å². The number of carboxylic acid groups (broad SMARTS) is 1. The highest BCUT2D eigenvalue weighted by molar-refractivity contribution is 5.80. The number of hydrogen-bond acceptors (Lipinski definition) is 3. The average Bonchev–Trinajstić information content (AvgIpc) is 2.67. The van der Waals surface area contributed by atoms with Crippen LogP contribution >= 0.6 is 0 Å². The summed E-state index contributed by atoms with van der Waals surface area (Å²) in [6, 6.07) is -0.290. The summed E-state index contributed by atoms with van der Waals surface area (Å²) in [4.78, 5) is 25.2. The molecule has 1 saturated heterocycles. The normalized spacial score (nSPS) is 25.9. The topological polar surface area (TPSA) is 66.8 Å². The first kappa shape index (κ1) is 14.3. The number of ether oxygens (including phenoxy) is 1. The van der Waals surface area contributed by atoms with E-state index in [0.717, 1.165) is 25.7 Å². The van der Waals surface area contributed by atoms with Gasteiger partial charge >= 0.3 is 5.97 Å². The van der Waals surface area contributed by atoms with Crippen molar-refractivity contribution in [3.05, 3.63) is 0 Å². The van der Waals surface area contributed by atoms with E-state index in [-0.39, 0.29) is 24.3 Å². The summed E-state index contributed by atoms with van der Waals surface area (Å²) in [6.07, 6.45) is 6.55. The van der Waals surface area contributed by atoms with Crippen LogP contribution < -0.4 is 0 Å². The maximum Gasteiger partial charge on any atom is 0.305 e. The van der Waals surface area contributed by atoms with Crippen molar-refractivity contribution in [1.29, 1.82) is 0 Å². The number of amides is 1. The van der Waals surface area contributed by atoms with Crippen LogP contribution in [0.5, 0.6) is 0 Å². The van der Waals surface area contributed by atoms with Gasteiger partial charge in [0.25, 0.3) is 0 Å². The Morgan fingerprint density at radius 1 is 1.16 bits per heavy atom. The van der Waals surface area contributed by atoms with Gasteiger partial charge in [0.1, 0.15) is 0 Å². The molecule has 1 unspecified atom stereocenters. The Morgan fingerprint density at radius 2 is 1.84 bits per heavy atom. The van der Waals surface area contributed by atoms with Gasteiger partial charge in [-0.2, -0.15) is 0 Å². The van der Waals surface area contributed by atoms with Crippen LogP contribution in [0.1, 0.15) is 44.9 Å². The van der Waals surface area contributed by atoms with Gasteiger partial charge in [-0.3, -0.25) is 9.59 Å². The zero-order valence-electron chi connectivity index (χ0n) is 11.3. The molecule has 1 N–H and O–H groups in total. The molecule has 2 rings (SSSR count). The molecule has 0 aromatic rings. The Morgan fingerprint density at radius 3 is 2.47 bits per heavy atom. The van der Waals surface area contributed by atoms with E-state index in [0.29, 0.717) is 19.8 Å². The van der Waals surface area contributed by atoms with Gasteiger partial charge in [-0.15, -0.1) is 0 Å². The maximum atomic E-state index is 12.6. The van der Waals surface area contributed by atoms with Crippen molar-refractivity contribution in [1.82, 2.24) is 4.90 Å². The van der Waals surface area contributed by atoms with Crippen LogP contribution in [0.4, 0.5) is 0 Å². The summed E-state index contributed by atoms with van der Waals surface area (Å²) in [7, 11) is 0. The van der Waals surface area contributed by atoms with Gasteiger partial charge in [-0.1, -0.05) is 25.7 Å². The molecule has 1 heterocycles. The third kappa shape index (κ3) is 3.93. The summed E-state index contributed by atoms with van der Waals surface area (Å²) >= 11 is 0. The van der Waals surface area contributed by atoms with Gasteiger partial charge < -0.3 is 14.7 Å². The van der Waals surface area contributed by atoms with E-state index in [4.69, 9.17) is 9.84 Å². The minimum Gasteiger partial charge on any atom is -0.481 e.